The highest BCUT2D eigenvalue weighted by Crippen LogP contribution is 2.32. The van der Waals surface area contributed by atoms with Gasteiger partial charge in [-0.25, -0.2) is 0 Å². The molecule has 3 rings (SSSR count). The summed E-state index contributed by atoms with van der Waals surface area (Å²) >= 11 is 1.46. The van der Waals surface area contributed by atoms with Crippen molar-refractivity contribution in [1.29, 1.82) is 0 Å². The first-order valence-corrected chi connectivity index (χ1v) is 9.48. The number of nitrogens with zero attached hydrogens (tertiary/aromatic N) is 2. The number of hydrogen-bond donors (Lipinski definition) is 0. The van der Waals surface area contributed by atoms with Crippen molar-refractivity contribution < 1.29 is 18.6 Å². The number of hydrogen-bond acceptors (Lipinski definition) is 7. The van der Waals surface area contributed by atoms with Crippen LogP contribution in [0.2, 0.25) is 0 Å². The lowest BCUT2D eigenvalue weighted by Gasteiger charge is -2.10. The second kappa shape index (κ2) is 8.81. The zero-order chi connectivity index (χ0) is 19.2. The lowest BCUT2D eigenvalue weighted by Crippen LogP contribution is -2.02. The number of thioether (sulfide) groups is 1. The van der Waals surface area contributed by atoms with Crippen molar-refractivity contribution in [3.05, 3.63) is 47.5 Å². The van der Waals surface area contributed by atoms with E-state index in [0.717, 1.165) is 22.4 Å². The van der Waals surface area contributed by atoms with Gasteiger partial charge < -0.3 is 18.6 Å². The maximum atomic E-state index is 5.90. The van der Waals surface area contributed by atoms with E-state index in [-0.39, 0.29) is 0 Å². The van der Waals surface area contributed by atoms with Gasteiger partial charge in [0.1, 0.15) is 5.75 Å². The van der Waals surface area contributed by atoms with E-state index < -0.39 is 0 Å². The summed E-state index contributed by atoms with van der Waals surface area (Å²) in [5.41, 5.74) is 3.04. The van der Waals surface area contributed by atoms with E-state index in [4.69, 9.17) is 18.6 Å². The second-order valence-electron chi connectivity index (χ2n) is 5.86. The molecule has 0 saturated carbocycles. The number of para-hydroxylation sites is 1. The standard InChI is InChI=1S/C20H22N2O4S/c1-13-6-5-7-14(2)18(13)25-10-11-27-20-22-21-19(26-20)15-8-9-16(23-3)17(12-15)24-4/h5-9,12H,10-11H2,1-4H3. The van der Waals surface area contributed by atoms with E-state index in [1.165, 1.54) is 11.8 Å². The quantitative estimate of drug-likeness (QED) is 0.416. The average molecular weight is 386 g/mol. The first kappa shape index (κ1) is 19.1. The summed E-state index contributed by atoms with van der Waals surface area (Å²) in [5.74, 6) is 3.36. The summed E-state index contributed by atoms with van der Waals surface area (Å²) in [4.78, 5) is 0. The zero-order valence-electron chi connectivity index (χ0n) is 15.8. The Hall–Kier alpha value is -2.67. The number of aromatic nitrogens is 2. The van der Waals surface area contributed by atoms with Crippen molar-refractivity contribution in [2.24, 2.45) is 0 Å². The molecule has 3 aromatic rings. The van der Waals surface area contributed by atoms with Crippen LogP contribution in [0, 0.1) is 13.8 Å². The summed E-state index contributed by atoms with van der Waals surface area (Å²) in [6.07, 6.45) is 0. The van der Waals surface area contributed by atoms with Gasteiger partial charge in [-0.05, 0) is 43.2 Å². The molecule has 0 radical (unpaired) electrons. The third kappa shape index (κ3) is 4.54. The monoisotopic (exact) mass is 386 g/mol. The highest BCUT2D eigenvalue weighted by atomic mass is 32.2. The molecule has 0 aliphatic carbocycles. The molecule has 6 nitrogen and oxygen atoms in total. The van der Waals surface area contributed by atoms with Crippen LogP contribution in [-0.2, 0) is 0 Å². The van der Waals surface area contributed by atoms with Gasteiger partial charge in [0.05, 0.1) is 20.8 Å². The van der Waals surface area contributed by atoms with Gasteiger partial charge in [0.2, 0.25) is 5.89 Å². The van der Waals surface area contributed by atoms with Crippen molar-refractivity contribution in [3.63, 3.8) is 0 Å². The molecule has 0 fully saturated rings. The summed E-state index contributed by atoms with van der Waals surface area (Å²) in [5, 5.41) is 8.70. The highest BCUT2D eigenvalue weighted by Gasteiger charge is 2.12. The number of benzene rings is 2. The van der Waals surface area contributed by atoms with Crippen LogP contribution in [0.3, 0.4) is 0 Å². The highest BCUT2D eigenvalue weighted by molar-refractivity contribution is 7.99. The van der Waals surface area contributed by atoms with Crippen LogP contribution in [0.4, 0.5) is 0 Å². The molecule has 142 valence electrons. The second-order valence-corrected chi connectivity index (χ2v) is 6.91. The number of ether oxygens (including phenoxy) is 3. The fourth-order valence-electron chi connectivity index (χ4n) is 2.65. The normalized spacial score (nSPS) is 10.7. The van der Waals surface area contributed by atoms with E-state index in [1.807, 2.05) is 50.2 Å². The van der Waals surface area contributed by atoms with Crippen LogP contribution in [-0.4, -0.2) is 36.8 Å². The Balaban J connectivity index is 1.58. The minimum Gasteiger partial charge on any atom is -0.493 e. The summed E-state index contributed by atoms with van der Waals surface area (Å²) in [6.45, 7) is 4.65. The van der Waals surface area contributed by atoms with Crippen molar-refractivity contribution in [2.75, 3.05) is 26.6 Å². The molecule has 27 heavy (non-hydrogen) atoms. The average Bonchev–Trinajstić information content (AvgIpc) is 3.15. The maximum absolute atomic E-state index is 5.90. The molecule has 0 atom stereocenters. The Morgan fingerprint density at radius 1 is 0.963 bits per heavy atom. The largest absolute Gasteiger partial charge is 0.493 e. The van der Waals surface area contributed by atoms with Gasteiger partial charge in [-0.3, -0.25) is 0 Å². The summed E-state index contributed by atoms with van der Waals surface area (Å²) in [7, 11) is 3.19. The number of aryl methyl sites for hydroxylation is 2. The first-order valence-electron chi connectivity index (χ1n) is 8.50. The van der Waals surface area contributed by atoms with Gasteiger partial charge >= 0.3 is 0 Å². The molecule has 2 aromatic carbocycles. The molecule has 0 N–H and O–H groups in total. The molecule has 7 heteroatoms. The smallest absolute Gasteiger partial charge is 0.276 e. The fourth-order valence-corrected chi connectivity index (χ4v) is 3.23. The maximum Gasteiger partial charge on any atom is 0.276 e. The number of rotatable bonds is 8. The van der Waals surface area contributed by atoms with Gasteiger partial charge in [-0.2, -0.15) is 0 Å². The van der Waals surface area contributed by atoms with E-state index in [2.05, 4.69) is 10.2 Å². The van der Waals surface area contributed by atoms with Crippen LogP contribution in [0.25, 0.3) is 11.5 Å². The third-order valence-electron chi connectivity index (χ3n) is 4.00. The molecular formula is C20H22N2O4S. The third-order valence-corrected chi connectivity index (χ3v) is 4.78. The Labute approximate surface area is 162 Å². The van der Waals surface area contributed by atoms with Crippen LogP contribution < -0.4 is 14.2 Å². The van der Waals surface area contributed by atoms with Gasteiger partial charge in [-0.1, -0.05) is 30.0 Å². The molecule has 0 unspecified atom stereocenters. The van der Waals surface area contributed by atoms with Crippen LogP contribution >= 0.6 is 11.8 Å². The lowest BCUT2D eigenvalue weighted by molar-refractivity contribution is 0.338. The fraction of sp³-hybridized carbons (Fsp3) is 0.300. The predicted molar refractivity (Wildman–Crippen MR) is 105 cm³/mol. The van der Waals surface area contributed by atoms with Gasteiger partial charge in [0.15, 0.2) is 11.5 Å². The molecule has 0 amide bonds. The molecule has 0 aliphatic heterocycles. The van der Waals surface area contributed by atoms with E-state index in [1.54, 1.807) is 14.2 Å². The summed E-state index contributed by atoms with van der Waals surface area (Å²) in [6, 6.07) is 11.6. The van der Waals surface area contributed by atoms with Gasteiger partial charge in [-0.15, -0.1) is 10.2 Å². The van der Waals surface area contributed by atoms with Crippen LogP contribution in [0.1, 0.15) is 11.1 Å². The van der Waals surface area contributed by atoms with Gasteiger partial charge in [0, 0.05) is 11.3 Å². The Morgan fingerprint density at radius 3 is 2.41 bits per heavy atom. The van der Waals surface area contributed by atoms with Crippen LogP contribution in [0.5, 0.6) is 17.2 Å². The molecule has 0 aliphatic rings. The van der Waals surface area contributed by atoms with Gasteiger partial charge in [0.25, 0.3) is 5.22 Å². The van der Waals surface area contributed by atoms with E-state index >= 15 is 0 Å². The Bertz CT molecular complexity index is 890. The molecule has 1 heterocycles. The van der Waals surface area contributed by atoms with Crippen molar-refractivity contribution in [1.82, 2.24) is 10.2 Å². The van der Waals surface area contributed by atoms with Crippen molar-refractivity contribution in [3.8, 4) is 28.7 Å². The summed E-state index contributed by atoms with van der Waals surface area (Å²) < 4.78 is 22.2. The Kier molecular flexibility index (Phi) is 6.24. The first-order chi connectivity index (χ1) is 13.1. The van der Waals surface area contributed by atoms with Crippen LogP contribution in [0.15, 0.2) is 46.0 Å². The Morgan fingerprint density at radius 2 is 1.70 bits per heavy atom. The predicted octanol–water partition coefficient (Wildman–Crippen LogP) is 4.54. The van der Waals surface area contributed by atoms with E-state index in [0.29, 0.717) is 35.0 Å². The molecule has 0 spiro atoms. The van der Waals surface area contributed by atoms with Crippen molar-refractivity contribution in [2.45, 2.75) is 19.1 Å². The molecule has 0 bridgehead atoms. The zero-order valence-corrected chi connectivity index (χ0v) is 16.6. The topological polar surface area (TPSA) is 66.6 Å². The lowest BCUT2D eigenvalue weighted by atomic mass is 10.1. The minimum absolute atomic E-state index is 0.439. The minimum atomic E-state index is 0.439. The SMILES string of the molecule is COc1ccc(-c2nnc(SCCOc3c(C)cccc3C)o2)cc1OC. The van der Waals surface area contributed by atoms with Crippen molar-refractivity contribution >= 4 is 11.8 Å². The molecule has 0 saturated heterocycles. The van der Waals surface area contributed by atoms with E-state index in [9.17, 15) is 0 Å². The molecule has 1 aromatic heterocycles. The molecular weight excluding hydrogens is 364 g/mol. The number of methoxy groups -OCH3 is 2.